The van der Waals surface area contributed by atoms with Gasteiger partial charge in [-0.1, -0.05) is 19.3 Å². The lowest BCUT2D eigenvalue weighted by atomic mass is 9.83. The van der Waals surface area contributed by atoms with Gasteiger partial charge in [0, 0.05) is 12.1 Å². The van der Waals surface area contributed by atoms with E-state index in [1.807, 2.05) is 0 Å². The van der Waals surface area contributed by atoms with E-state index in [0.29, 0.717) is 12.8 Å². The van der Waals surface area contributed by atoms with E-state index >= 15 is 0 Å². The van der Waals surface area contributed by atoms with Crippen LogP contribution in [0, 0.1) is 0 Å². The van der Waals surface area contributed by atoms with Gasteiger partial charge >= 0.3 is 16.3 Å². The predicted molar refractivity (Wildman–Crippen MR) is 62.5 cm³/mol. The number of nitrogens with one attached hydrogen (secondary N) is 2. The molecule has 4 N–H and O–H groups in total. The molecule has 0 unspecified atom stereocenters. The molecule has 0 bridgehead atoms. The Bertz CT molecular complexity index is 362. The zero-order valence-corrected chi connectivity index (χ0v) is 10.7. The minimum absolute atomic E-state index is 0.217. The second-order valence-corrected chi connectivity index (χ2v) is 5.66. The molecule has 0 aromatic rings. The Balaban J connectivity index is 2.69. The van der Waals surface area contributed by atoms with E-state index in [4.69, 9.17) is 5.73 Å². The monoisotopic (exact) mass is 265 g/mol. The van der Waals surface area contributed by atoms with Crippen molar-refractivity contribution in [2.24, 2.45) is 5.73 Å². The summed E-state index contributed by atoms with van der Waals surface area (Å²) in [4.78, 5) is 10.9. The molecule has 0 aliphatic heterocycles. The zero-order valence-electron chi connectivity index (χ0n) is 9.86. The Morgan fingerprint density at radius 3 is 2.41 bits per heavy atom. The largest absolute Gasteiger partial charge is 0.452 e. The second-order valence-electron chi connectivity index (χ2n) is 4.24. The first-order chi connectivity index (χ1) is 7.93. The van der Waals surface area contributed by atoms with Crippen molar-refractivity contribution in [3.05, 3.63) is 0 Å². The van der Waals surface area contributed by atoms with E-state index in [0.717, 1.165) is 26.4 Å². The van der Waals surface area contributed by atoms with Gasteiger partial charge in [0.15, 0.2) is 0 Å². The number of methoxy groups -OCH3 is 1. The molecule has 0 heterocycles. The summed E-state index contributed by atoms with van der Waals surface area (Å²) in [6.45, 7) is 0.217. The summed E-state index contributed by atoms with van der Waals surface area (Å²) in [5.41, 5.74) is 5.00. The van der Waals surface area contributed by atoms with Crippen molar-refractivity contribution in [1.82, 2.24) is 9.44 Å². The quantitative estimate of drug-likeness (QED) is 0.654. The van der Waals surface area contributed by atoms with Crippen LogP contribution in [-0.2, 0) is 14.9 Å². The minimum atomic E-state index is -3.92. The van der Waals surface area contributed by atoms with Gasteiger partial charge in [-0.2, -0.15) is 13.1 Å². The number of carbonyl (C=O) groups is 1. The fraction of sp³-hybridized carbons (Fsp3) is 0.889. The maximum atomic E-state index is 11.7. The Kier molecular flexibility index (Phi) is 4.72. The summed E-state index contributed by atoms with van der Waals surface area (Å²) in [6, 6.07) is 0. The molecular formula is C9H19N3O4S. The van der Waals surface area contributed by atoms with Gasteiger partial charge in [0.2, 0.25) is 0 Å². The van der Waals surface area contributed by atoms with Crippen LogP contribution in [0.4, 0.5) is 4.79 Å². The summed E-state index contributed by atoms with van der Waals surface area (Å²) in [5, 5.41) is 0. The Hall–Kier alpha value is -0.860. The summed E-state index contributed by atoms with van der Waals surface area (Å²) < 4.78 is 31.8. The molecule has 0 radical (unpaired) electrons. The van der Waals surface area contributed by atoms with Gasteiger partial charge in [0.05, 0.1) is 7.11 Å². The van der Waals surface area contributed by atoms with E-state index in [1.54, 1.807) is 4.72 Å². The van der Waals surface area contributed by atoms with Gasteiger partial charge in [-0.25, -0.2) is 9.52 Å². The number of hydrogen-bond acceptors (Lipinski definition) is 5. The third-order valence-corrected chi connectivity index (χ3v) is 4.09. The van der Waals surface area contributed by atoms with Gasteiger partial charge in [-0.05, 0) is 12.8 Å². The van der Waals surface area contributed by atoms with Crippen molar-refractivity contribution in [1.29, 1.82) is 0 Å². The van der Waals surface area contributed by atoms with E-state index in [1.165, 1.54) is 0 Å². The SMILES string of the molecule is COC(=O)NS(=O)(=O)NC1(CN)CCCCC1. The second kappa shape index (κ2) is 5.65. The van der Waals surface area contributed by atoms with Crippen LogP contribution in [0.2, 0.25) is 0 Å². The predicted octanol–water partition coefficient (Wildman–Crippen LogP) is -0.162. The Morgan fingerprint density at radius 2 is 1.94 bits per heavy atom. The van der Waals surface area contributed by atoms with Crippen molar-refractivity contribution in [2.75, 3.05) is 13.7 Å². The highest BCUT2D eigenvalue weighted by molar-refractivity contribution is 7.88. The van der Waals surface area contributed by atoms with E-state index < -0.39 is 21.8 Å². The van der Waals surface area contributed by atoms with Crippen LogP contribution < -0.4 is 15.2 Å². The normalized spacial score (nSPS) is 19.6. The van der Waals surface area contributed by atoms with Crippen LogP contribution in [0.15, 0.2) is 0 Å². The third-order valence-electron chi connectivity index (χ3n) is 2.96. The van der Waals surface area contributed by atoms with E-state index in [9.17, 15) is 13.2 Å². The standard InChI is InChI=1S/C9H19N3O4S/c1-16-8(13)11-17(14,15)12-9(7-10)5-3-2-4-6-9/h12H,2-7,10H2,1H3,(H,11,13). The van der Waals surface area contributed by atoms with Crippen LogP contribution >= 0.6 is 0 Å². The number of carbonyl (C=O) groups excluding carboxylic acids is 1. The minimum Gasteiger partial charge on any atom is -0.452 e. The molecule has 1 aliphatic rings. The van der Waals surface area contributed by atoms with Gasteiger partial charge in [-0.3, -0.25) is 0 Å². The van der Waals surface area contributed by atoms with Crippen LogP contribution in [0.3, 0.4) is 0 Å². The van der Waals surface area contributed by atoms with Gasteiger partial charge in [0.25, 0.3) is 0 Å². The molecule has 8 heteroatoms. The number of amides is 1. The highest BCUT2D eigenvalue weighted by Gasteiger charge is 2.35. The van der Waals surface area contributed by atoms with Crippen molar-refractivity contribution < 1.29 is 17.9 Å². The highest BCUT2D eigenvalue weighted by atomic mass is 32.2. The maximum Gasteiger partial charge on any atom is 0.421 e. The van der Waals surface area contributed by atoms with Gasteiger partial charge in [-0.15, -0.1) is 0 Å². The molecular weight excluding hydrogens is 246 g/mol. The number of nitrogens with two attached hydrogens (primary N) is 1. The molecule has 17 heavy (non-hydrogen) atoms. The molecule has 1 saturated carbocycles. The fourth-order valence-corrected chi connectivity index (χ4v) is 3.25. The van der Waals surface area contributed by atoms with Crippen LogP contribution in [-0.4, -0.2) is 33.7 Å². The van der Waals surface area contributed by atoms with Crippen LogP contribution in [0.5, 0.6) is 0 Å². The molecule has 0 atom stereocenters. The van der Waals surface area contributed by atoms with E-state index in [-0.39, 0.29) is 6.54 Å². The molecule has 1 fully saturated rings. The smallest absolute Gasteiger partial charge is 0.421 e. The van der Waals surface area contributed by atoms with E-state index in [2.05, 4.69) is 9.46 Å². The molecule has 0 spiro atoms. The number of hydrogen-bond donors (Lipinski definition) is 3. The topological polar surface area (TPSA) is 111 Å². The van der Waals surface area contributed by atoms with Crippen LogP contribution in [0.1, 0.15) is 32.1 Å². The molecule has 100 valence electrons. The van der Waals surface area contributed by atoms with Crippen molar-refractivity contribution in [2.45, 2.75) is 37.6 Å². The van der Waals surface area contributed by atoms with Crippen molar-refractivity contribution >= 4 is 16.3 Å². The maximum absolute atomic E-state index is 11.7. The summed E-state index contributed by atoms with van der Waals surface area (Å²) in [7, 11) is -2.82. The number of rotatable bonds is 4. The first-order valence-electron chi connectivity index (χ1n) is 5.53. The molecule has 0 aromatic heterocycles. The summed E-state index contributed by atoms with van der Waals surface area (Å²) in [5.74, 6) is 0. The average molecular weight is 265 g/mol. The van der Waals surface area contributed by atoms with Crippen LogP contribution in [0.25, 0.3) is 0 Å². The lowest BCUT2D eigenvalue weighted by molar-refractivity contribution is 0.177. The van der Waals surface area contributed by atoms with Gasteiger partial charge < -0.3 is 10.5 Å². The van der Waals surface area contributed by atoms with Gasteiger partial charge in [0.1, 0.15) is 0 Å². The third kappa shape index (κ3) is 4.14. The molecule has 1 aliphatic carbocycles. The zero-order chi connectivity index (χ0) is 12.9. The highest BCUT2D eigenvalue weighted by Crippen LogP contribution is 2.27. The van der Waals surface area contributed by atoms with Crippen molar-refractivity contribution in [3.63, 3.8) is 0 Å². The summed E-state index contributed by atoms with van der Waals surface area (Å²) in [6.07, 6.45) is 3.29. The molecule has 1 amide bonds. The first kappa shape index (κ1) is 14.2. The Morgan fingerprint density at radius 1 is 1.35 bits per heavy atom. The molecule has 0 saturated heterocycles. The number of ether oxygens (including phenoxy) is 1. The lowest BCUT2D eigenvalue weighted by Gasteiger charge is -2.36. The Labute approximate surface area is 101 Å². The van der Waals surface area contributed by atoms with Crippen molar-refractivity contribution in [3.8, 4) is 0 Å². The molecule has 1 rings (SSSR count). The lowest BCUT2D eigenvalue weighted by Crippen LogP contribution is -2.58. The fourth-order valence-electron chi connectivity index (χ4n) is 2.04. The molecule has 0 aromatic carbocycles. The average Bonchev–Trinajstić information content (AvgIpc) is 2.28. The first-order valence-corrected chi connectivity index (χ1v) is 7.01. The molecule has 7 nitrogen and oxygen atoms in total. The summed E-state index contributed by atoms with van der Waals surface area (Å²) >= 11 is 0.